The lowest BCUT2D eigenvalue weighted by molar-refractivity contribution is -0.385. The Balaban J connectivity index is 1.93. The van der Waals surface area contributed by atoms with Crippen molar-refractivity contribution in [2.24, 2.45) is 9.98 Å². The van der Waals surface area contributed by atoms with E-state index in [1.165, 1.54) is 17.4 Å². The molecule has 0 radical (unpaired) electrons. The average Bonchev–Trinajstić information content (AvgIpc) is 2.90. The Morgan fingerprint density at radius 3 is 2.82 bits per heavy atom. The highest BCUT2D eigenvalue weighted by Crippen LogP contribution is 2.38. The molecule has 1 aromatic carbocycles. The van der Waals surface area contributed by atoms with Crippen LogP contribution in [0.4, 0.5) is 10.7 Å². The maximum Gasteiger partial charge on any atom is 0.278 e. The Labute approximate surface area is 169 Å². The zero-order valence-corrected chi connectivity index (χ0v) is 16.7. The maximum absolute atomic E-state index is 11.8. The molecule has 2 aromatic rings. The molecule has 28 heavy (non-hydrogen) atoms. The van der Waals surface area contributed by atoms with Crippen LogP contribution in [-0.4, -0.2) is 54.5 Å². The number of hydrazine groups is 1. The second-order valence-corrected chi connectivity index (χ2v) is 7.84. The molecule has 2 N–H and O–H groups in total. The van der Waals surface area contributed by atoms with E-state index in [9.17, 15) is 14.9 Å². The lowest BCUT2D eigenvalue weighted by atomic mass is 10.0. The summed E-state index contributed by atoms with van der Waals surface area (Å²) in [5.41, 5.74) is 6.72. The normalized spacial score (nSPS) is 13.3. The van der Waals surface area contributed by atoms with Crippen LogP contribution >= 0.6 is 22.9 Å². The van der Waals surface area contributed by atoms with E-state index in [1.807, 2.05) is 0 Å². The highest BCUT2D eigenvalue weighted by Gasteiger charge is 2.25. The van der Waals surface area contributed by atoms with Crippen molar-refractivity contribution in [1.82, 2.24) is 15.8 Å². The van der Waals surface area contributed by atoms with E-state index in [-0.39, 0.29) is 24.7 Å². The predicted octanol–water partition coefficient (Wildman–Crippen LogP) is 2.37. The molecule has 0 saturated carbocycles. The molecule has 1 aliphatic heterocycles. The van der Waals surface area contributed by atoms with Gasteiger partial charge in [-0.05, 0) is 26.2 Å². The quantitative estimate of drug-likeness (QED) is 0.582. The number of para-hydroxylation sites is 1. The van der Waals surface area contributed by atoms with Gasteiger partial charge in [-0.2, -0.15) is 0 Å². The van der Waals surface area contributed by atoms with E-state index in [4.69, 9.17) is 11.6 Å². The zero-order chi connectivity index (χ0) is 20.3. The minimum absolute atomic E-state index is 0.0507. The molecule has 1 aromatic heterocycles. The van der Waals surface area contributed by atoms with Crippen LogP contribution < -0.4 is 10.9 Å². The highest BCUT2D eigenvalue weighted by molar-refractivity contribution is 7.20. The summed E-state index contributed by atoms with van der Waals surface area (Å²) in [5, 5.41) is 12.0. The Hall–Kier alpha value is -2.82. The fraction of sp³-hybridized carbons (Fsp3) is 0.235. The molecule has 2 heterocycles. The summed E-state index contributed by atoms with van der Waals surface area (Å²) >= 11 is 7.39. The number of amidine groups is 1. The Bertz CT molecular complexity index is 985. The van der Waals surface area contributed by atoms with Crippen LogP contribution in [0.1, 0.15) is 11.1 Å². The van der Waals surface area contributed by atoms with Gasteiger partial charge < -0.3 is 4.90 Å². The number of nitrogens with zero attached hydrogens (tertiary/aromatic N) is 4. The van der Waals surface area contributed by atoms with Crippen molar-refractivity contribution in [2.45, 2.75) is 0 Å². The van der Waals surface area contributed by atoms with Crippen molar-refractivity contribution in [3.63, 3.8) is 0 Å². The number of rotatable bonds is 4. The van der Waals surface area contributed by atoms with Gasteiger partial charge in [0.15, 0.2) is 0 Å². The van der Waals surface area contributed by atoms with Crippen molar-refractivity contribution < 1.29 is 9.72 Å². The zero-order valence-electron chi connectivity index (χ0n) is 15.1. The van der Waals surface area contributed by atoms with E-state index in [2.05, 4.69) is 20.8 Å². The molecule has 0 saturated heterocycles. The predicted molar refractivity (Wildman–Crippen MR) is 110 cm³/mol. The van der Waals surface area contributed by atoms with E-state index in [0.717, 1.165) is 0 Å². The van der Waals surface area contributed by atoms with Crippen LogP contribution in [0.25, 0.3) is 0 Å². The Kier molecular flexibility index (Phi) is 6.02. The van der Waals surface area contributed by atoms with Crippen LogP contribution in [0.2, 0.25) is 4.34 Å². The number of amides is 1. The third-order valence-electron chi connectivity index (χ3n) is 3.72. The number of nitro groups is 1. The summed E-state index contributed by atoms with van der Waals surface area (Å²) in [4.78, 5) is 33.6. The first-order valence-corrected chi connectivity index (χ1v) is 9.39. The molecule has 1 amide bonds. The average molecular weight is 421 g/mol. The highest BCUT2D eigenvalue weighted by atomic mass is 35.5. The van der Waals surface area contributed by atoms with Gasteiger partial charge in [-0.25, -0.2) is 4.99 Å². The molecular weight excluding hydrogens is 404 g/mol. The lowest BCUT2D eigenvalue weighted by Crippen LogP contribution is -2.46. The van der Waals surface area contributed by atoms with Crippen molar-refractivity contribution in [1.29, 1.82) is 0 Å². The second-order valence-electron chi connectivity index (χ2n) is 6.18. The third kappa shape index (κ3) is 4.53. The van der Waals surface area contributed by atoms with Gasteiger partial charge in [0.25, 0.3) is 11.6 Å². The number of carbonyl (C=O) groups is 1. The third-order valence-corrected chi connectivity index (χ3v) is 4.88. The standard InChI is InChI=1S/C17H17ClN6O3S/c1-23(2)9-15(25)22-21-14-8-19-16(11-7-13(18)28-17(11)20-14)10-5-3-4-6-12(10)24(26)27/h3-7H,8-9H2,1-2H3,(H,20,21)(H,22,25). The fourth-order valence-corrected chi connectivity index (χ4v) is 3.71. The molecule has 0 spiro atoms. The molecule has 0 unspecified atom stereocenters. The van der Waals surface area contributed by atoms with E-state index < -0.39 is 4.92 Å². The summed E-state index contributed by atoms with van der Waals surface area (Å²) < 4.78 is 0.484. The first-order valence-electron chi connectivity index (χ1n) is 8.20. The monoisotopic (exact) mass is 420 g/mol. The van der Waals surface area contributed by atoms with Gasteiger partial charge in [0.2, 0.25) is 0 Å². The van der Waals surface area contributed by atoms with E-state index in [1.54, 1.807) is 43.3 Å². The van der Waals surface area contributed by atoms with Gasteiger partial charge in [0, 0.05) is 11.6 Å². The molecule has 0 atom stereocenters. The number of halogens is 1. The van der Waals surface area contributed by atoms with Gasteiger partial charge in [0.05, 0.1) is 33.6 Å². The molecule has 11 heteroatoms. The summed E-state index contributed by atoms with van der Waals surface area (Å²) in [6.45, 7) is 0.323. The first kappa shape index (κ1) is 19.9. The molecule has 0 aliphatic carbocycles. The second kappa shape index (κ2) is 8.46. The Morgan fingerprint density at radius 2 is 2.11 bits per heavy atom. The number of benzene rings is 1. The van der Waals surface area contributed by atoms with E-state index >= 15 is 0 Å². The number of thiophene rings is 1. The number of likely N-dealkylation sites (N-methyl/N-ethyl adjacent to an activating group) is 1. The van der Waals surface area contributed by atoms with Crippen LogP contribution in [-0.2, 0) is 4.79 Å². The molecule has 1 aliphatic rings. The largest absolute Gasteiger partial charge is 0.301 e. The summed E-state index contributed by atoms with van der Waals surface area (Å²) in [5.74, 6) is 0.171. The SMILES string of the molecule is CN(C)CC(=O)NNC1=Nc2sc(Cl)cc2C(c2ccccc2[N+](=O)[O-])=NC1. The van der Waals surface area contributed by atoms with Gasteiger partial charge in [-0.1, -0.05) is 23.7 Å². The number of carbonyl (C=O) groups excluding carboxylic acids is 1. The van der Waals surface area contributed by atoms with Crippen molar-refractivity contribution >= 4 is 51.1 Å². The summed E-state index contributed by atoms with van der Waals surface area (Å²) in [6, 6.07) is 8.07. The summed E-state index contributed by atoms with van der Waals surface area (Å²) in [6.07, 6.45) is 0. The molecule has 146 valence electrons. The minimum atomic E-state index is -0.447. The smallest absolute Gasteiger partial charge is 0.278 e. The number of nitro benzene ring substituents is 1. The van der Waals surface area contributed by atoms with Crippen LogP contribution in [0.3, 0.4) is 0 Å². The van der Waals surface area contributed by atoms with Gasteiger partial charge in [-0.15, -0.1) is 11.3 Å². The molecule has 0 fully saturated rings. The van der Waals surface area contributed by atoms with Crippen molar-refractivity contribution in [2.75, 3.05) is 27.2 Å². The van der Waals surface area contributed by atoms with Crippen LogP contribution in [0.5, 0.6) is 0 Å². The van der Waals surface area contributed by atoms with Crippen molar-refractivity contribution in [3.05, 3.63) is 55.9 Å². The van der Waals surface area contributed by atoms with Crippen molar-refractivity contribution in [3.8, 4) is 0 Å². The van der Waals surface area contributed by atoms with Crippen LogP contribution in [0.15, 0.2) is 40.3 Å². The number of fused-ring (bicyclic) bond motifs is 1. The molecule has 9 nitrogen and oxygen atoms in total. The number of nitrogens with one attached hydrogen (secondary N) is 2. The fourth-order valence-electron chi connectivity index (χ4n) is 2.60. The molecular formula is C17H17ClN6O3S. The summed E-state index contributed by atoms with van der Waals surface area (Å²) in [7, 11) is 3.57. The molecule has 0 bridgehead atoms. The minimum Gasteiger partial charge on any atom is -0.301 e. The number of hydrogen-bond donors (Lipinski definition) is 2. The maximum atomic E-state index is 11.8. The van der Waals surface area contributed by atoms with Gasteiger partial charge in [0.1, 0.15) is 10.8 Å². The number of hydrogen-bond acceptors (Lipinski definition) is 8. The van der Waals surface area contributed by atoms with E-state index in [0.29, 0.717) is 32.0 Å². The molecule has 3 rings (SSSR count). The van der Waals surface area contributed by atoms with Gasteiger partial charge >= 0.3 is 0 Å². The topological polar surface area (TPSA) is 112 Å². The Morgan fingerprint density at radius 1 is 1.36 bits per heavy atom. The van der Waals surface area contributed by atoms with Gasteiger partial charge in [-0.3, -0.25) is 30.8 Å². The first-order chi connectivity index (χ1) is 13.3. The van der Waals surface area contributed by atoms with Crippen LogP contribution in [0, 0.1) is 10.1 Å². The lowest BCUT2D eigenvalue weighted by Gasteiger charge is -2.12. The number of aliphatic imine (C=N–C) groups is 2.